The average molecular weight is 686 g/mol. The standard InChI is InChI=1S/C14H2F20O2S2.2FH/c15-4-2-6(37-13(30,31)14(32,33)38(34,35)36)5(16)1-3(4)7(17,18)8(19,20)9(21,22)10(23,24)11(25,26)12(27,28)29;;/h1-2H;2*1H. The lowest BCUT2D eigenvalue weighted by molar-refractivity contribution is -0.441. The largest absolute Gasteiger partial charge is 0.460 e. The Morgan fingerprint density at radius 3 is 1.30 bits per heavy atom. The van der Waals surface area contributed by atoms with E-state index in [4.69, 9.17) is 0 Å². The van der Waals surface area contributed by atoms with Gasteiger partial charge in [-0.1, -0.05) is 3.89 Å². The third kappa shape index (κ3) is 5.69. The van der Waals surface area contributed by atoms with E-state index in [1.807, 2.05) is 0 Å². The van der Waals surface area contributed by atoms with Crippen LogP contribution in [0.5, 0.6) is 0 Å². The molecular formula is C14H4F22O2S2. The highest BCUT2D eigenvalue weighted by molar-refractivity contribution is 8.01. The smallest absolute Gasteiger partial charge is 0.269 e. The zero-order valence-corrected chi connectivity index (χ0v) is 18.8. The van der Waals surface area contributed by atoms with Crippen LogP contribution in [-0.4, -0.2) is 48.8 Å². The van der Waals surface area contributed by atoms with Crippen molar-refractivity contribution in [2.45, 2.75) is 51.2 Å². The molecular weight excluding hydrogens is 682 g/mol. The van der Waals surface area contributed by atoms with Gasteiger partial charge in [-0.15, -0.1) is 0 Å². The van der Waals surface area contributed by atoms with Gasteiger partial charge in [0.05, 0.1) is 10.5 Å². The van der Waals surface area contributed by atoms with Gasteiger partial charge in [-0.25, -0.2) is 8.78 Å². The Labute approximate surface area is 208 Å². The molecule has 26 heteroatoms. The molecule has 238 valence electrons. The number of hydrogen-bond acceptors (Lipinski definition) is 3. The summed E-state index contributed by atoms with van der Waals surface area (Å²) in [5.41, 5.74) is -3.59. The van der Waals surface area contributed by atoms with Crippen molar-refractivity contribution in [3.8, 4) is 0 Å². The molecule has 0 aliphatic rings. The predicted octanol–water partition coefficient (Wildman–Crippen LogP) is 8.04. The molecule has 0 aliphatic carbocycles. The maximum Gasteiger partial charge on any atom is 0.460 e. The first-order valence-electron chi connectivity index (χ1n) is 8.10. The molecule has 0 bridgehead atoms. The molecule has 0 saturated carbocycles. The number of rotatable bonds is 9. The van der Waals surface area contributed by atoms with E-state index in [1.165, 1.54) is 0 Å². The van der Waals surface area contributed by atoms with Crippen LogP contribution < -0.4 is 0 Å². The SMILES string of the molecule is F.F.O=S(=O)(F)C(F)(F)C(F)(F)Sc1cc(F)c(C(F)(F)C(F)(F)C(F)(F)C(F)(F)C(F)(F)C(F)(F)F)cc1F. The normalized spacial score (nSPS) is 14.9. The zero-order chi connectivity index (χ0) is 30.9. The lowest BCUT2D eigenvalue weighted by atomic mass is 9.90. The topological polar surface area (TPSA) is 34.1 Å². The van der Waals surface area contributed by atoms with Gasteiger partial charge in [0.15, 0.2) is 0 Å². The van der Waals surface area contributed by atoms with E-state index >= 15 is 0 Å². The van der Waals surface area contributed by atoms with Gasteiger partial charge in [-0.3, -0.25) is 9.41 Å². The highest BCUT2D eigenvalue weighted by Crippen LogP contribution is 2.62. The van der Waals surface area contributed by atoms with Gasteiger partial charge in [0.2, 0.25) is 0 Å². The molecule has 0 unspecified atom stereocenters. The van der Waals surface area contributed by atoms with E-state index < -0.39 is 103 Å². The van der Waals surface area contributed by atoms with Crippen LogP contribution in [0.2, 0.25) is 0 Å². The minimum absolute atomic E-state index is 0. The van der Waals surface area contributed by atoms with Crippen molar-refractivity contribution < 1.29 is 105 Å². The first-order valence-corrected chi connectivity index (χ1v) is 10.3. The van der Waals surface area contributed by atoms with Crippen molar-refractivity contribution in [2.75, 3.05) is 0 Å². The zero-order valence-electron chi connectivity index (χ0n) is 17.2. The van der Waals surface area contributed by atoms with Gasteiger partial charge in [0, 0.05) is 0 Å². The molecule has 0 heterocycles. The average Bonchev–Trinajstić information content (AvgIpc) is 2.67. The number of hydrogen-bond donors (Lipinski definition) is 0. The number of halogens is 22. The summed E-state index contributed by atoms with van der Waals surface area (Å²) >= 11 is -2.18. The summed E-state index contributed by atoms with van der Waals surface area (Å²) in [7, 11) is -7.54. The van der Waals surface area contributed by atoms with Crippen molar-refractivity contribution in [1.29, 1.82) is 0 Å². The van der Waals surface area contributed by atoms with Gasteiger partial charge >= 0.3 is 56.5 Å². The van der Waals surface area contributed by atoms with Crippen LogP contribution in [0, 0.1) is 11.6 Å². The second kappa shape index (κ2) is 10.7. The van der Waals surface area contributed by atoms with Gasteiger partial charge < -0.3 is 0 Å². The Morgan fingerprint density at radius 2 is 0.950 bits per heavy atom. The van der Waals surface area contributed by atoms with Crippen molar-refractivity contribution in [1.82, 2.24) is 0 Å². The lowest BCUT2D eigenvalue weighted by Crippen LogP contribution is -2.69. The number of benzene rings is 1. The summed E-state index contributed by atoms with van der Waals surface area (Å²) in [5.74, 6) is -47.0. The van der Waals surface area contributed by atoms with Crippen molar-refractivity contribution in [3.05, 3.63) is 29.3 Å². The number of alkyl halides is 17. The summed E-state index contributed by atoms with van der Waals surface area (Å²) in [6, 6.07) is -2.81. The maximum absolute atomic E-state index is 14.0. The first-order chi connectivity index (χ1) is 16.3. The molecule has 0 aromatic heterocycles. The molecule has 0 aliphatic heterocycles. The lowest BCUT2D eigenvalue weighted by Gasteiger charge is -2.39. The Morgan fingerprint density at radius 1 is 0.575 bits per heavy atom. The molecule has 1 aromatic rings. The highest BCUT2D eigenvalue weighted by atomic mass is 32.3. The van der Waals surface area contributed by atoms with E-state index in [9.17, 15) is 95.7 Å². The van der Waals surface area contributed by atoms with Gasteiger partial charge in [-0.2, -0.15) is 83.1 Å². The summed E-state index contributed by atoms with van der Waals surface area (Å²) in [6.07, 6.45) is -7.78. The van der Waals surface area contributed by atoms with Crippen LogP contribution in [0.1, 0.15) is 5.56 Å². The molecule has 0 radical (unpaired) electrons. The fourth-order valence-electron chi connectivity index (χ4n) is 2.13. The van der Waals surface area contributed by atoms with E-state index in [0.717, 1.165) is 0 Å². The molecule has 1 aromatic carbocycles. The van der Waals surface area contributed by atoms with Crippen LogP contribution >= 0.6 is 11.8 Å². The van der Waals surface area contributed by atoms with E-state index in [1.54, 1.807) is 0 Å². The fourth-order valence-corrected chi connectivity index (χ4v) is 3.55. The van der Waals surface area contributed by atoms with Crippen LogP contribution in [0.15, 0.2) is 17.0 Å². The first kappa shape index (κ1) is 40.1. The predicted molar refractivity (Wildman–Crippen MR) is 86.9 cm³/mol. The summed E-state index contributed by atoms with van der Waals surface area (Å²) in [4.78, 5) is -2.46. The molecule has 0 amide bonds. The van der Waals surface area contributed by atoms with E-state index in [2.05, 4.69) is 0 Å². The quantitative estimate of drug-likeness (QED) is 0.150. The van der Waals surface area contributed by atoms with Crippen molar-refractivity contribution in [3.63, 3.8) is 0 Å². The Bertz CT molecular complexity index is 1170. The van der Waals surface area contributed by atoms with Crippen LogP contribution in [0.4, 0.5) is 96.7 Å². The van der Waals surface area contributed by atoms with Crippen LogP contribution in [0.25, 0.3) is 0 Å². The summed E-state index contributed by atoms with van der Waals surface area (Å²) < 4.78 is 284. The van der Waals surface area contributed by atoms with Gasteiger partial charge in [0.25, 0.3) is 0 Å². The molecule has 0 N–H and O–H groups in total. The van der Waals surface area contributed by atoms with Crippen LogP contribution in [-0.2, 0) is 16.1 Å². The summed E-state index contributed by atoms with van der Waals surface area (Å²) in [6.45, 7) is 0. The molecule has 0 saturated heterocycles. The maximum atomic E-state index is 14.0. The molecule has 0 fully saturated rings. The minimum atomic E-state index is -8.44. The van der Waals surface area contributed by atoms with Gasteiger partial charge in [0.1, 0.15) is 11.6 Å². The Balaban J connectivity index is 0. The minimum Gasteiger partial charge on any atom is -0.269 e. The fraction of sp³-hybridized carbons (Fsp3) is 0.571. The van der Waals surface area contributed by atoms with Crippen molar-refractivity contribution >= 4 is 22.0 Å². The molecule has 0 spiro atoms. The van der Waals surface area contributed by atoms with E-state index in [-0.39, 0.29) is 9.41 Å². The third-order valence-corrected chi connectivity index (χ3v) is 6.22. The molecule has 40 heavy (non-hydrogen) atoms. The molecule has 1 rings (SSSR count). The Hall–Kier alpha value is -2.02. The second-order valence-corrected chi connectivity index (χ2v) is 9.25. The molecule has 0 atom stereocenters. The monoisotopic (exact) mass is 686 g/mol. The van der Waals surface area contributed by atoms with Crippen molar-refractivity contribution in [2.24, 2.45) is 0 Å². The molecule has 2 nitrogen and oxygen atoms in total. The van der Waals surface area contributed by atoms with E-state index in [0.29, 0.717) is 0 Å². The number of thioether (sulfide) groups is 1. The van der Waals surface area contributed by atoms with Crippen LogP contribution in [0.3, 0.4) is 0 Å². The third-order valence-electron chi connectivity index (χ3n) is 4.18. The second-order valence-electron chi connectivity index (χ2n) is 6.71. The summed E-state index contributed by atoms with van der Waals surface area (Å²) in [5, 5.41) is -13.1. The van der Waals surface area contributed by atoms with Gasteiger partial charge in [-0.05, 0) is 23.9 Å². The highest BCUT2D eigenvalue weighted by Gasteiger charge is 2.91. The Kier molecular flexibility index (Phi) is 10.7.